The summed E-state index contributed by atoms with van der Waals surface area (Å²) in [5, 5.41) is 0. The van der Waals surface area contributed by atoms with Crippen molar-refractivity contribution in [1.29, 1.82) is 0 Å². The first-order valence-electron chi connectivity index (χ1n) is 6.55. The van der Waals surface area contributed by atoms with Crippen LogP contribution in [0.4, 0.5) is 13.2 Å². The molecule has 0 aliphatic carbocycles. The molecule has 2 nitrogen and oxygen atoms in total. The van der Waals surface area contributed by atoms with Gasteiger partial charge in [-0.05, 0) is 37.0 Å². The van der Waals surface area contributed by atoms with Crippen LogP contribution in [0.15, 0.2) is 22.7 Å². The van der Waals surface area contributed by atoms with Crippen molar-refractivity contribution in [3.63, 3.8) is 0 Å². The quantitative estimate of drug-likeness (QED) is 0.685. The van der Waals surface area contributed by atoms with Gasteiger partial charge in [-0.2, -0.15) is 13.2 Å². The molecule has 1 saturated heterocycles. The Bertz CT molecular complexity index is 535. The minimum atomic E-state index is -4.49. The third-order valence-electron chi connectivity index (χ3n) is 3.54. The van der Waals surface area contributed by atoms with Gasteiger partial charge in [0.1, 0.15) is 0 Å². The molecule has 1 aromatic carbocycles. The number of halogens is 5. The fourth-order valence-corrected chi connectivity index (χ4v) is 3.16. The number of alkyl halides is 4. The lowest BCUT2D eigenvalue weighted by atomic mass is 9.99. The van der Waals surface area contributed by atoms with Crippen molar-refractivity contribution >= 4 is 33.4 Å². The molecular weight excluding hydrogens is 371 g/mol. The second kappa shape index (κ2) is 6.57. The summed E-state index contributed by atoms with van der Waals surface area (Å²) in [6.07, 6.45) is -2.72. The summed E-state index contributed by atoms with van der Waals surface area (Å²) in [5.74, 6) is 0.294. The molecule has 0 saturated carbocycles. The molecule has 0 spiro atoms. The molecule has 2 rings (SSSR count). The highest BCUT2D eigenvalue weighted by atomic mass is 79.9. The van der Waals surface area contributed by atoms with E-state index in [1.807, 2.05) is 0 Å². The maximum atomic E-state index is 12.9. The third kappa shape index (κ3) is 3.92. The summed E-state index contributed by atoms with van der Waals surface area (Å²) in [5.41, 5.74) is -0.778. The van der Waals surface area contributed by atoms with E-state index in [1.165, 1.54) is 12.1 Å². The molecule has 0 bridgehead atoms. The summed E-state index contributed by atoms with van der Waals surface area (Å²) in [4.78, 5) is 13.9. The van der Waals surface area contributed by atoms with E-state index in [2.05, 4.69) is 15.9 Å². The SMILES string of the molecule is O=C(c1ccc(Br)c(C(F)(F)F)c1)N1CCCC(CCl)C1. The first kappa shape index (κ1) is 16.6. The van der Waals surface area contributed by atoms with Gasteiger partial charge in [0.25, 0.3) is 5.91 Å². The van der Waals surface area contributed by atoms with Crippen LogP contribution in [0.3, 0.4) is 0 Å². The predicted molar refractivity (Wildman–Crippen MR) is 78.5 cm³/mol. The topological polar surface area (TPSA) is 20.3 Å². The van der Waals surface area contributed by atoms with Crippen molar-refractivity contribution in [2.75, 3.05) is 19.0 Å². The zero-order chi connectivity index (χ0) is 15.6. The molecule has 0 aromatic heterocycles. The van der Waals surface area contributed by atoms with E-state index >= 15 is 0 Å². The molecule has 7 heteroatoms. The number of carbonyl (C=O) groups is 1. The third-order valence-corrected chi connectivity index (χ3v) is 4.67. The average molecular weight is 385 g/mol. The van der Waals surface area contributed by atoms with Gasteiger partial charge < -0.3 is 4.90 Å². The molecule has 1 unspecified atom stereocenters. The van der Waals surface area contributed by atoms with E-state index in [0.29, 0.717) is 19.0 Å². The average Bonchev–Trinajstić information content (AvgIpc) is 2.46. The van der Waals surface area contributed by atoms with Gasteiger partial charge in [0.2, 0.25) is 0 Å². The van der Waals surface area contributed by atoms with Crippen LogP contribution in [0, 0.1) is 5.92 Å². The second-order valence-corrected chi connectivity index (χ2v) is 6.27. The van der Waals surface area contributed by atoms with Crippen molar-refractivity contribution in [3.05, 3.63) is 33.8 Å². The van der Waals surface area contributed by atoms with E-state index in [4.69, 9.17) is 11.6 Å². The van der Waals surface area contributed by atoms with Crippen LogP contribution in [-0.4, -0.2) is 29.8 Å². The number of amides is 1. The molecule has 0 radical (unpaired) electrons. The van der Waals surface area contributed by atoms with Gasteiger partial charge in [-0.15, -0.1) is 11.6 Å². The smallest absolute Gasteiger partial charge is 0.338 e. The Balaban J connectivity index is 2.23. The minimum Gasteiger partial charge on any atom is -0.338 e. The van der Waals surface area contributed by atoms with Gasteiger partial charge in [0.05, 0.1) is 5.56 Å². The van der Waals surface area contributed by atoms with Gasteiger partial charge in [-0.3, -0.25) is 4.79 Å². The lowest BCUT2D eigenvalue weighted by molar-refractivity contribution is -0.138. The number of hydrogen-bond donors (Lipinski definition) is 0. The van der Waals surface area contributed by atoms with Gasteiger partial charge in [-0.25, -0.2) is 0 Å². The van der Waals surface area contributed by atoms with Crippen molar-refractivity contribution in [2.45, 2.75) is 19.0 Å². The van der Waals surface area contributed by atoms with E-state index in [9.17, 15) is 18.0 Å². The summed E-state index contributed by atoms with van der Waals surface area (Å²) >= 11 is 8.68. The maximum absolute atomic E-state index is 12.9. The number of likely N-dealkylation sites (tertiary alicyclic amines) is 1. The molecule has 1 heterocycles. The maximum Gasteiger partial charge on any atom is 0.417 e. The Morgan fingerprint density at radius 3 is 2.76 bits per heavy atom. The molecule has 1 aromatic rings. The largest absolute Gasteiger partial charge is 0.417 e. The lowest BCUT2D eigenvalue weighted by Gasteiger charge is -2.32. The number of benzene rings is 1. The molecule has 1 amide bonds. The fourth-order valence-electron chi connectivity index (χ4n) is 2.43. The van der Waals surface area contributed by atoms with Gasteiger partial charge in [0, 0.05) is 29.0 Å². The fraction of sp³-hybridized carbons (Fsp3) is 0.500. The molecule has 116 valence electrons. The van der Waals surface area contributed by atoms with Gasteiger partial charge in [-0.1, -0.05) is 15.9 Å². The van der Waals surface area contributed by atoms with Crippen LogP contribution in [0.2, 0.25) is 0 Å². The van der Waals surface area contributed by atoms with Gasteiger partial charge >= 0.3 is 6.18 Å². The molecule has 0 N–H and O–H groups in total. The number of carbonyl (C=O) groups excluding carboxylic acids is 1. The van der Waals surface area contributed by atoms with Crippen LogP contribution >= 0.6 is 27.5 Å². The second-order valence-electron chi connectivity index (χ2n) is 5.11. The summed E-state index contributed by atoms with van der Waals surface area (Å²) in [6.45, 7) is 1.06. The Kier molecular flexibility index (Phi) is 5.20. The predicted octanol–water partition coefficient (Wildman–Crippen LogP) is 4.56. The summed E-state index contributed by atoms with van der Waals surface area (Å²) in [7, 11) is 0. The first-order valence-corrected chi connectivity index (χ1v) is 7.87. The minimum absolute atomic E-state index is 0.0562. The number of rotatable bonds is 2. The van der Waals surface area contributed by atoms with Crippen LogP contribution in [0.5, 0.6) is 0 Å². The highest BCUT2D eigenvalue weighted by molar-refractivity contribution is 9.10. The number of nitrogens with zero attached hydrogens (tertiary/aromatic N) is 1. The standard InChI is InChI=1S/C14H14BrClF3NO/c15-12-4-3-10(6-11(12)14(17,18)19)13(21)20-5-1-2-9(7-16)8-20/h3-4,6,9H,1-2,5,7-8H2. The van der Waals surface area contributed by atoms with Crippen LogP contribution in [0.25, 0.3) is 0 Å². The lowest BCUT2D eigenvalue weighted by Crippen LogP contribution is -2.40. The molecule has 1 atom stereocenters. The summed E-state index contributed by atoms with van der Waals surface area (Å²) < 4.78 is 38.6. The van der Waals surface area contributed by atoms with E-state index in [1.54, 1.807) is 4.90 Å². The van der Waals surface area contributed by atoms with Crippen molar-refractivity contribution < 1.29 is 18.0 Å². The Labute approximate surface area is 134 Å². The Morgan fingerprint density at radius 1 is 1.43 bits per heavy atom. The van der Waals surface area contributed by atoms with Crippen LogP contribution in [-0.2, 0) is 6.18 Å². The number of hydrogen-bond acceptors (Lipinski definition) is 1. The molecular formula is C14H14BrClF3NO. The molecule has 1 aliphatic rings. The Hall–Kier alpha value is -0.750. The van der Waals surface area contributed by atoms with Gasteiger partial charge in [0.15, 0.2) is 0 Å². The number of piperidine rings is 1. The normalized spacial score (nSPS) is 19.7. The van der Waals surface area contributed by atoms with Crippen molar-refractivity contribution in [1.82, 2.24) is 4.90 Å². The van der Waals surface area contributed by atoms with E-state index < -0.39 is 11.7 Å². The molecule has 21 heavy (non-hydrogen) atoms. The zero-order valence-electron chi connectivity index (χ0n) is 11.1. The Morgan fingerprint density at radius 2 is 2.14 bits per heavy atom. The monoisotopic (exact) mass is 383 g/mol. The molecule has 1 aliphatic heterocycles. The van der Waals surface area contributed by atoms with Crippen LogP contribution in [0.1, 0.15) is 28.8 Å². The summed E-state index contributed by atoms with van der Waals surface area (Å²) in [6, 6.07) is 3.57. The van der Waals surface area contributed by atoms with Crippen molar-refractivity contribution in [2.24, 2.45) is 5.92 Å². The highest BCUT2D eigenvalue weighted by Gasteiger charge is 2.34. The van der Waals surface area contributed by atoms with Crippen LogP contribution < -0.4 is 0 Å². The van der Waals surface area contributed by atoms with E-state index in [0.717, 1.165) is 18.9 Å². The first-order chi connectivity index (χ1) is 9.82. The zero-order valence-corrected chi connectivity index (χ0v) is 13.4. The van der Waals surface area contributed by atoms with Crippen molar-refractivity contribution in [3.8, 4) is 0 Å². The highest BCUT2D eigenvalue weighted by Crippen LogP contribution is 2.35. The molecule has 1 fully saturated rings. The van der Waals surface area contributed by atoms with E-state index in [-0.39, 0.29) is 21.9 Å².